The summed E-state index contributed by atoms with van der Waals surface area (Å²) < 4.78 is 31.5. The van der Waals surface area contributed by atoms with Gasteiger partial charge < -0.3 is 14.7 Å². The zero-order valence-electron chi connectivity index (χ0n) is 10.3. The number of hydrogen-bond donors (Lipinski definition) is 1. The van der Waals surface area contributed by atoms with Crippen LogP contribution in [0.2, 0.25) is 0 Å². The summed E-state index contributed by atoms with van der Waals surface area (Å²) in [6.45, 7) is -0.684. The number of piperidine rings is 1. The molecule has 0 aromatic heterocycles. The Morgan fingerprint density at radius 1 is 1.42 bits per heavy atom. The van der Waals surface area contributed by atoms with Crippen LogP contribution in [0.25, 0.3) is 0 Å². The number of aliphatic hydroxyl groups excluding tert-OH is 1. The van der Waals surface area contributed by atoms with Crippen LogP contribution in [0, 0.1) is 0 Å². The van der Waals surface area contributed by atoms with Gasteiger partial charge in [0, 0.05) is 6.54 Å². The fourth-order valence-electron chi connectivity index (χ4n) is 1.89. The van der Waals surface area contributed by atoms with Gasteiger partial charge in [0.2, 0.25) is 0 Å². The molecule has 0 unspecified atom stereocenters. The number of ether oxygens (including phenoxy) is 1. The number of rotatable bonds is 2. The summed E-state index contributed by atoms with van der Waals surface area (Å²) in [6, 6.07) is 8.99. The smallest absolute Gasteiger partial charge is 0.410 e. The van der Waals surface area contributed by atoms with Gasteiger partial charge in [-0.3, -0.25) is 0 Å². The van der Waals surface area contributed by atoms with Crippen LogP contribution in [0.15, 0.2) is 30.3 Å². The van der Waals surface area contributed by atoms with E-state index in [0.29, 0.717) is 0 Å². The third-order valence-corrected chi connectivity index (χ3v) is 3.02. The van der Waals surface area contributed by atoms with Crippen LogP contribution in [0.3, 0.4) is 0 Å². The standard InChI is InChI=1S/C13H15F2NO3/c14-13(15)9-16(7-6-11(13)17)12(18)19-8-10-4-2-1-3-5-10/h1-5,11,17H,6-9H2/t11-/m1/s1. The monoisotopic (exact) mass is 271 g/mol. The number of alkyl halides is 2. The average molecular weight is 271 g/mol. The maximum atomic E-state index is 13.3. The van der Waals surface area contributed by atoms with Crippen molar-refractivity contribution in [2.75, 3.05) is 13.1 Å². The summed E-state index contributed by atoms with van der Waals surface area (Å²) in [5.41, 5.74) is 0.791. The molecule has 0 saturated carbocycles. The minimum Gasteiger partial charge on any atom is -0.445 e. The molecule has 1 N–H and O–H groups in total. The zero-order chi connectivity index (χ0) is 13.9. The van der Waals surface area contributed by atoms with E-state index < -0.39 is 24.7 Å². The van der Waals surface area contributed by atoms with Gasteiger partial charge in [0.1, 0.15) is 12.7 Å². The van der Waals surface area contributed by atoms with Crippen LogP contribution in [-0.4, -0.2) is 41.2 Å². The fourth-order valence-corrected chi connectivity index (χ4v) is 1.89. The van der Waals surface area contributed by atoms with E-state index in [1.54, 1.807) is 24.3 Å². The molecule has 1 aromatic rings. The zero-order valence-corrected chi connectivity index (χ0v) is 10.3. The lowest BCUT2D eigenvalue weighted by Gasteiger charge is -2.35. The van der Waals surface area contributed by atoms with Crippen molar-refractivity contribution in [3.05, 3.63) is 35.9 Å². The van der Waals surface area contributed by atoms with Crippen molar-refractivity contribution in [2.45, 2.75) is 25.1 Å². The lowest BCUT2D eigenvalue weighted by molar-refractivity contribution is -0.145. The second-order valence-corrected chi connectivity index (χ2v) is 4.53. The Morgan fingerprint density at radius 2 is 2.11 bits per heavy atom. The van der Waals surface area contributed by atoms with Crippen LogP contribution in [0.1, 0.15) is 12.0 Å². The van der Waals surface area contributed by atoms with Crippen molar-refractivity contribution in [2.24, 2.45) is 0 Å². The second kappa shape index (κ2) is 5.52. The number of amides is 1. The van der Waals surface area contributed by atoms with Gasteiger partial charge in [-0.05, 0) is 12.0 Å². The van der Waals surface area contributed by atoms with Crippen LogP contribution in [0.4, 0.5) is 13.6 Å². The number of likely N-dealkylation sites (tertiary alicyclic amines) is 1. The summed E-state index contributed by atoms with van der Waals surface area (Å²) in [5, 5.41) is 9.12. The molecule has 1 fully saturated rings. The van der Waals surface area contributed by atoms with E-state index in [1.165, 1.54) is 0 Å². The maximum Gasteiger partial charge on any atom is 0.410 e. The predicted molar refractivity (Wildman–Crippen MR) is 63.8 cm³/mol. The number of nitrogens with zero attached hydrogens (tertiary/aromatic N) is 1. The molecule has 0 spiro atoms. The van der Waals surface area contributed by atoms with Crippen molar-refractivity contribution in [3.8, 4) is 0 Å². The lowest BCUT2D eigenvalue weighted by atomic mass is 10.0. The molecule has 0 aliphatic carbocycles. The molecule has 104 valence electrons. The second-order valence-electron chi connectivity index (χ2n) is 4.53. The van der Waals surface area contributed by atoms with Crippen LogP contribution in [-0.2, 0) is 11.3 Å². The SMILES string of the molecule is O=C(OCc1ccccc1)N1CC[C@@H](O)C(F)(F)C1. The normalized spacial score (nSPS) is 22.1. The molecule has 19 heavy (non-hydrogen) atoms. The fraction of sp³-hybridized carbons (Fsp3) is 0.462. The first-order chi connectivity index (χ1) is 8.99. The number of halogens is 2. The first kappa shape index (κ1) is 13.7. The van der Waals surface area contributed by atoms with E-state index in [1.807, 2.05) is 6.07 Å². The highest BCUT2D eigenvalue weighted by atomic mass is 19.3. The van der Waals surface area contributed by atoms with Crippen molar-refractivity contribution < 1.29 is 23.4 Å². The third kappa shape index (κ3) is 3.41. The first-order valence-corrected chi connectivity index (χ1v) is 6.00. The van der Waals surface area contributed by atoms with Gasteiger partial charge in [0.25, 0.3) is 5.92 Å². The van der Waals surface area contributed by atoms with E-state index in [-0.39, 0.29) is 19.6 Å². The molecule has 4 nitrogen and oxygen atoms in total. The Kier molecular flexibility index (Phi) is 3.99. The minimum absolute atomic E-state index is 0.0459. The first-order valence-electron chi connectivity index (χ1n) is 6.00. The van der Waals surface area contributed by atoms with Crippen LogP contribution < -0.4 is 0 Å². The summed E-state index contributed by atoms with van der Waals surface area (Å²) >= 11 is 0. The molecular weight excluding hydrogens is 256 g/mol. The molecule has 2 rings (SSSR count). The van der Waals surface area contributed by atoms with Crippen molar-refractivity contribution in [1.82, 2.24) is 4.90 Å². The molecule has 1 heterocycles. The molecule has 1 aromatic carbocycles. The maximum absolute atomic E-state index is 13.3. The Hall–Kier alpha value is -1.69. The van der Waals surface area contributed by atoms with Gasteiger partial charge >= 0.3 is 6.09 Å². The molecule has 1 aliphatic heterocycles. The van der Waals surface area contributed by atoms with Crippen molar-refractivity contribution >= 4 is 6.09 Å². The predicted octanol–water partition coefficient (Wildman–Crippen LogP) is 2.03. The number of aliphatic hydroxyl groups is 1. The Morgan fingerprint density at radius 3 is 2.74 bits per heavy atom. The Balaban J connectivity index is 1.87. The Bertz CT molecular complexity index is 439. The average Bonchev–Trinajstić information content (AvgIpc) is 2.40. The number of benzene rings is 1. The van der Waals surface area contributed by atoms with Crippen molar-refractivity contribution in [3.63, 3.8) is 0 Å². The summed E-state index contributed by atoms with van der Waals surface area (Å²) in [7, 11) is 0. The highest BCUT2D eigenvalue weighted by molar-refractivity contribution is 5.67. The van der Waals surface area contributed by atoms with Crippen LogP contribution >= 0.6 is 0 Å². The number of hydrogen-bond acceptors (Lipinski definition) is 3. The van der Waals surface area contributed by atoms with Crippen molar-refractivity contribution in [1.29, 1.82) is 0 Å². The van der Waals surface area contributed by atoms with E-state index in [4.69, 9.17) is 9.84 Å². The summed E-state index contributed by atoms with van der Waals surface area (Å²) in [4.78, 5) is 12.6. The summed E-state index contributed by atoms with van der Waals surface area (Å²) in [6.07, 6.45) is -2.62. The highest BCUT2D eigenvalue weighted by Gasteiger charge is 2.45. The molecule has 1 atom stereocenters. The molecule has 0 radical (unpaired) electrons. The summed E-state index contributed by atoms with van der Waals surface area (Å²) in [5.74, 6) is -3.27. The van der Waals surface area contributed by atoms with Gasteiger partial charge in [-0.2, -0.15) is 0 Å². The number of carbonyl (C=O) groups is 1. The largest absolute Gasteiger partial charge is 0.445 e. The van der Waals surface area contributed by atoms with E-state index in [2.05, 4.69) is 0 Å². The van der Waals surface area contributed by atoms with Gasteiger partial charge in [-0.15, -0.1) is 0 Å². The minimum atomic E-state index is -3.27. The van der Waals surface area contributed by atoms with Gasteiger partial charge in [0.15, 0.2) is 0 Å². The quantitative estimate of drug-likeness (QED) is 0.895. The van der Waals surface area contributed by atoms with E-state index in [0.717, 1.165) is 10.5 Å². The molecule has 1 saturated heterocycles. The van der Waals surface area contributed by atoms with Gasteiger partial charge in [0.05, 0.1) is 6.54 Å². The van der Waals surface area contributed by atoms with E-state index in [9.17, 15) is 13.6 Å². The van der Waals surface area contributed by atoms with E-state index >= 15 is 0 Å². The lowest BCUT2D eigenvalue weighted by Crippen LogP contribution is -2.53. The number of carbonyl (C=O) groups excluding carboxylic acids is 1. The van der Waals surface area contributed by atoms with Gasteiger partial charge in [-0.1, -0.05) is 30.3 Å². The molecule has 6 heteroatoms. The topological polar surface area (TPSA) is 49.8 Å². The highest BCUT2D eigenvalue weighted by Crippen LogP contribution is 2.27. The third-order valence-electron chi connectivity index (χ3n) is 3.02. The Labute approximate surface area is 109 Å². The van der Waals surface area contributed by atoms with Crippen LogP contribution in [0.5, 0.6) is 0 Å². The molecule has 0 bridgehead atoms. The molecule has 1 amide bonds. The van der Waals surface area contributed by atoms with Gasteiger partial charge in [-0.25, -0.2) is 13.6 Å². The molecular formula is C13H15F2NO3. The molecule has 1 aliphatic rings.